The number of hydrogen-bond donors (Lipinski definition) is 2. The standard InChI is InChI=1S/C8H19NO3S.ClH/c9-1-2-10-3-4-11-5-6-12-7-8-13;/h13H,1-9H2;1H. The first-order valence-corrected chi connectivity index (χ1v) is 5.09. The molecule has 0 amide bonds. The third-order valence-electron chi connectivity index (χ3n) is 1.24. The van der Waals surface area contributed by atoms with E-state index in [1.807, 2.05) is 0 Å². The van der Waals surface area contributed by atoms with Gasteiger partial charge in [-0.2, -0.15) is 12.6 Å². The van der Waals surface area contributed by atoms with E-state index in [-0.39, 0.29) is 12.4 Å². The summed E-state index contributed by atoms with van der Waals surface area (Å²) in [6.07, 6.45) is 0. The van der Waals surface area contributed by atoms with Crippen molar-refractivity contribution in [1.82, 2.24) is 0 Å². The van der Waals surface area contributed by atoms with E-state index in [1.54, 1.807) is 0 Å². The Kier molecular flexibility index (Phi) is 19.2. The second-order valence-corrected chi connectivity index (χ2v) is 2.80. The molecular formula is C8H20ClNO3S. The van der Waals surface area contributed by atoms with Gasteiger partial charge >= 0.3 is 0 Å². The van der Waals surface area contributed by atoms with E-state index in [1.165, 1.54) is 0 Å². The number of halogens is 1. The Morgan fingerprint density at radius 1 is 0.786 bits per heavy atom. The molecule has 0 aliphatic heterocycles. The summed E-state index contributed by atoms with van der Waals surface area (Å²) in [7, 11) is 0. The Hall–Kier alpha value is 0.480. The first kappa shape index (κ1) is 16.9. The van der Waals surface area contributed by atoms with Crippen molar-refractivity contribution in [3.05, 3.63) is 0 Å². The molecule has 4 nitrogen and oxygen atoms in total. The fraction of sp³-hybridized carbons (Fsp3) is 1.00. The molecule has 0 saturated heterocycles. The maximum absolute atomic E-state index is 5.23. The van der Waals surface area contributed by atoms with Crippen molar-refractivity contribution in [3.8, 4) is 0 Å². The highest BCUT2D eigenvalue weighted by Crippen LogP contribution is 1.81. The Balaban J connectivity index is 0. The van der Waals surface area contributed by atoms with Gasteiger partial charge in [-0.3, -0.25) is 0 Å². The van der Waals surface area contributed by atoms with Crippen LogP contribution in [0.15, 0.2) is 0 Å². The summed E-state index contributed by atoms with van der Waals surface area (Å²) >= 11 is 4.00. The number of thiol groups is 1. The van der Waals surface area contributed by atoms with Crippen LogP contribution in [0.1, 0.15) is 0 Å². The molecule has 0 saturated carbocycles. The van der Waals surface area contributed by atoms with Crippen molar-refractivity contribution in [2.24, 2.45) is 5.73 Å². The SMILES string of the molecule is Cl.NCCOCCOCCOCCS. The lowest BCUT2D eigenvalue weighted by atomic mass is 10.7. The first-order valence-electron chi connectivity index (χ1n) is 4.46. The summed E-state index contributed by atoms with van der Waals surface area (Å²) < 4.78 is 15.5. The van der Waals surface area contributed by atoms with Crippen LogP contribution >= 0.6 is 25.0 Å². The van der Waals surface area contributed by atoms with Gasteiger partial charge in [0.05, 0.1) is 39.6 Å². The maximum atomic E-state index is 5.23. The second kappa shape index (κ2) is 15.9. The summed E-state index contributed by atoms with van der Waals surface area (Å²) in [6.45, 7) is 4.27. The van der Waals surface area contributed by atoms with Gasteiger partial charge in [0.1, 0.15) is 0 Å². The molecule has 0 heterocycles. The molecule has 0 bridgehead atoms. The normalized spacial score (nSPS) is 9.86. The van der Waals surface area contributed by atoms with Gasteiger partial charge < -0.3 is 19.9 Å². The van der Waals surface area contributed by atoms with Gasteiger partial charge in [-0.05, 0) is 0 Å². The van der Waals surface area contributed by atoms with Crippen LogP contribution in [0, 0.1) is 0 Å². The summed E-state index contributed by atoms with van der Waals surface area (Å²) in [4.78, 5) is 0. The van der Waals surface area contributed by atoms with Crippen molar-refractivity contribution in [1.29, 1.82) is 0 Å². The lowest BCUT2D eigenvalue weighted by Crippen LogP contribution is -2.13. The molecule has 0 rings (SSSR count). The summed E-state index contributed by atoms with van der Waals surface area (Å²) in [5, 5.41) is 0. The fourth-order valence-corrected chi connectivity index (χ4v) is 0.819. The highest BCUT2D eigenvalue weighted by molar-refractivity contribution is 7.80. The number of ether oxygens (including phenoxy) is 3. The number of nitrogens with two attached hydrogens (primary N) is 1. The number of rotatable bonds is 10. The van der Waals surface area contributed by atoms with Crippen LogP contribution in [0.5, 0.6) is 0 Å². The average molecular weight is 246 g/mol. The van der Waals surface area contributed by atoms with Crippen molar-refractivity contribution in [3.63, 3.8) is 0 Å². The Bertz CT molecular complexity index is 90.7. The van der Waals surface area contributed by atoms with Crippen molar-refractivity contribution in [2.75, 3.05) is 51.9 Å². The van der Waals surface area contributed by atoms with Gasteiger partial charge in [-0.25, -0.2) is 0 Å². The predicted octanol–water partition coefficient (Wildman–Crippen LogP) is 0.346. The maximum Gasteiger partial charge on any atom is 0.0701 e. The molecule has 0 aromatic heterocycles. The molecule has 0 aliphatic rings. The zero-order valence-electron chi connectivity index (χ0n) is 8.31. The monoisotopic (exact) mass is 245 g/mol. The van der Waals surface area contributed by atoms with Crippen LogP contribution in [-0.4, -0.2) is 51.9 Å². The highest BCUT2D eigenvalue weighted by atomic mass is 35.5. The van der Waals surface area contributed by atoms with Gasteiger partial charge in [0.25, 0.3) is 0 Å². The van der Waals surface area contributed by atoms with E-state index < -0.39 is 0 Å². The first-order chi connectivity index (χ1) is 6.41. The molecule has 0 aromatic rings. The van der Waals surface area contributed by atoms with Crippen LogP contribution in [0.25, 0.3) is 0 Å². The van der Waals surface area contributed by atoms with E-state index >= 15 is 0 Å². The minimum Gasteiger partial charge on any atom is -0.378 e. The summed E-state index contributed by atoms with van der Waals surface area (Å²) in [5.41, 5.74) is 5.23. The summed E-state index contributed by atoms with van der Waals surface area (Å²) in [5.74, 6) is 0.750. The number of hydrogen-bond acceptors (Lipinski definition) is 5. The summed E-state index contributed by atoms with van der Waals surface area (Å²) in [6, 6.07) is 0. The van der Waals surface area contributed by atoms with Crippen molar-refractivity contribution < 1.29 is 14.2 Å². The molecule has 0 spiro atoms. The molecule has 6 heteroatoms. The zero-order chi connectivity index (χ0) is 9.78. The molecule has 2 N–H and O–H groups in total. The molecule has 0 aliphatic carbocycles. The van der Waals surface area contributed by atoms with Gasteiger partial charge in [0.2, 0.25) is 0 Å². The average Bonchev–Trinajstić information content (AvgIpc) is 2.16. The largest absolute Gasteiger partial charge is 0.378 e. The van der Waals surface area contributed by atoms with Crippen LogP contribution in [0.3, 0.4) is 0 Å². The van der Waals surface area contributed by atoms with Crippen LogP contribution < -0.4 is 5.73 Å². The fourth-order valence-electron chi connectivity index (χ4n) is 0.690. The minimum atomic E-state index is 0. The van der Waals surface area contributed by atoms with Crippen molar-refractivity contribution in [2.45, 2.75) is 0 Å². The third-order valence-corrected chi connectivity index (χ3v) is 1.42. The third kappa shape index (κ3) is 15.0. The van der Waals surface area contributed by atoms with Crippen LogP contribution in [0.4, 0.5) is 0 Å². The van der Waals surface area contributed by atoms with E-state index in [0.717, 1.165) is 5.75 Å². The molecule has 0 unspecified atom stereocenters. The molecule has 88 valence electrons. The minimum absolute atomic E-state index is 0. The highest BCUT2D eigenvalue weighted by Gasteiger charge is 1.89. The van der Waals surface area contributed by atoms with Gasteiger partial charge in [0, 0.05) is 12.3 Å². The van der Waals surface area contributed by atoms with E-state index in [2.05, 4.69) is 12.6 Å². The smallest absolute Gasteiger partial charge is 0.0701 e. The Morgan fingerprint density at radius 3 is 1.64 bits per heavy atom. The van der Waals surface area contributed by atoms with E-state index in [9.17, 15) is 0 Å². The van der Waals surface area contributed by atoms with Crippen LogP contribution in [0.2, 0.25) is 0 Å². The lowest BCUT2D eigenvalue weighted by Gasteiger charge is -2.05. The van der Waals surface area contributed by atoms with E-state index in [4.69, 9.17) is 19.9 Å². The van der Waals surface area contributed by atoms with Gasteiger partial charge in [0.15, 0.2) is 0 Å². The Morgan fingerprint density at radius 2 is 1.21 bits per heavy atom. The molecule has 0 radical (unpaired) electrons. The topological polar surface area (TPSA) is 53.7 Å². The lowest BCUT2D eigenvalue weighted by molar-refractivity contribution is 0.0190. The quantitative estimate of drug-likeness (QED) is 0.431. The van der Waals surface area contributed by atoms with Gasteiger partial charge in [-0.15, -0.1) is 12.4 Å². The molecule has 14 heavy (non-hydrogen) atoms. The molecular weight excluding hydrogens is 226 g/mol. The van der Waals surface area contributed by atoms with E-state index in [0.29, 0.717) is 46.2 Å². The van der Waals surface area contributed by atoms with Gasteiger partial charge in [-0.1, -0.05) is 0 Å². The molecule has 0 fully saturated rings. The second-order valence-electron chi connectivity index (χ2n) is 2.35. The van der Waals surface area contributed by atoms with Crippen molar-refractivity contribution >= 4 is 25.0 Å². The van der Waals surface area contributed by atoms with Crippen LogP contribution in [-0.2, 0) is 14.2 Å². The molecule has 0 atom stereocenters. The molecule has 0 aromatic carbocycles. The predicted molar refractivity (Wildman–Crippen MR) is 62.6 cm³/mol. The zero-order valence-corrected chi connectivity index (χ0v) is 10.0. The Labute approximate surface area is 97.3 Å².